The number of aryl methyl sites for hydroxylation is 1. The SMILES string of the molecule is CCCC(=O)N1CCCC[C@@H]1c1cc(-c2ccc(F)cc2)cc(C)n1. The molecule has 1 fully saturated rings. The molecule has 1 amide bonds. The largest absolute Gasteiger partial charge is 0.334 e. The van der Waals surface area contributed by atoms with Gasteiger partial charge in [0.05, 0.1) is 11.7 Å². The number of rotatable bonds is 4. The van der Waals surface area contributed by atoms with E-state index in [-0.39, 0.29) is 17.8 Å². The quantitative estimate of drug-likeness (QED) is 0.780. The maximum atomic E-state index is 13.2. The Morgan fingerprint density at radius 3 is 2.68 bits per heavy atom. The summed E-state index contributed by atoms with van der Waals surface area (Å²) in [4.78, 5) is 19.2. The minimum Gasteiger partial charge on any atom is -0.334 e. The van der Waals surface area contributed by atoms with Crippen LogP contribution >= 0.6 is 0 Å². The van der Waals surface area contributed by atoms with Crippen LogP contribution in [0.2, 0.25) is 0 Å². The third-order valence-electron chi connectivity index (χ3n) is 4.78. The minimum atomic E-state index is -0.238. The molecule has 2 aromatic rings. The van der Waals surface area contributed by atoms with E-state index >= 15 is 0 Å². The summed E-state index contributed by atoms with van der Waals surface area (Å²) >= 11 is 0. The number of nitrogens with zero attached hydrogens (tertiary/aromatic N) is 2. The Hall–Kier alpha value is -2.23. The summed E-state index contributed by atoms with van der Waals surface area (Å²) in [6, 6.07) is 10.6. The minimum absolute atomic E-state index is 0.0481. The number of hydrogen-bond acceptors (Lipinski definition) is 2. The van der Waals surface area contributed by atoms with Crippen LogP contribution in [0.1, 0.15) is 56.5 Å². The van der Waals surface area contributed by atoms with Crippen LogP contribution in [0.4, 0.5) is 4.39 Å². The molecule has 1 aliphatic heterocycles. The number of pyridine rings is 1. The fourth-order valence-corrected chi connectivity index (χ4v) is 3.57. The van der Waals surface area contributed by atoms with Gasteiger partial charge in [-0.1, -0.05) is 19.1 Å². The van der Waals surface area contributed by atoms with Crippen molar-refractivity contribution in [1.82, 2.24) is 9.88 Å². The number of likely N-dealkylation sites (tertiary alicyclic amines) is 1. The second-order valence-corrected chi connectivity index (χ2v) is 6.78. The van der Waals surface area contributed by atoms with Gasteiger partial charge >= 0.3 is 0 Å². The fraction of sp³-hybridized carbons (Fsp3) is 0.429. The van der Waals surface area contributed by atoms with Gasteiger partial charge in [0.2, 0.25) is 5.91 Å². The van der Waals surface area contributed by atoms with Gasteiger partial charge in [-0.15, -0.1) is 0 Å². The van der Waals surface area contributed by atoms with Crippen LogP contribution in [0.3, 0.4) is 0 Å². The lowest BCUT2D eigenvalue weighted by Crippen LogP contribution is -2.38. The van der Waals surface area contributed by atoms with Crippen molar-refractivity contribution in [3.05, 3.63) is 53.6 Å². The molecule has 0 unspecified atom stereocenters. The summed E-state index contributed by atoms with van der Waals surface area (Å²) in [6.07, 6.45) is 4.58. The fourth-order valence-electron chi connectivity index (χ4n) is 3.57. The zero-order valence-electron chi connectivity index (χ0n) is 15.0. The molecule has 0 radical (unpaired) electrons. The molecule has 0 aliphatic carbocycles. The number of benzene rings is 1. The molecule has 3 rings (SSSR count). The standard InChI is InChI=1S/C21H25FN2O/c1-3-6-21(25)24-12-5-4-7-20(24)19-14-17(13-15(2)23-19)16-8-10-18(22)11-9-16/h8-11,13-14,20H,3-7,12H2,1-2H3/t20-/m1/s1. The Morgan fingerprint density at radius 2 is 1.96 bits per heavy atom. The van der Waals surface area contributed by atoms with Gasteiger partial charge in [0.25, 0.3) is 0 Å². The number of carbonyl (C=O) groups is 1. The maximum Gasteiger partial charge on any atom is 0.223 e. The first-order chi connectivity index (χ1) is 12.1. The third-order valence-corrected chi connectivity index (χ3v) is 4.78. The zero-order valence-corrected chi connectivity index (χ0v) is 15.0. The molecule has 1 saturated heterocycles. The highest BCUT2D eigenvalue weighted by molar-refractivity contribution is 5.77. The average Bonchev–Trinajstić information content (AvgIpc) is 2.62. The van der Waals surface area contributed by atoms with Crippen LogP contribution in [0, 0.1) is 12.7 Å². The highest BCUT2D eigenvalue weighted by atomic mass is 19.1. The lowest BCUT2D eigenvalue weighted by molar-refractivity contribution is -0.135. The van der Waals surface area contributed by atoms with E-state index in [2.05, 4.69) is 6.07 Å². The maximum absolute atomic E-state index is 13.2. The number of aromatic nitrogens is 1. The Kier molecular flexibility index (Phi) is 5.47. The molecule has 4 heteroatoms. The molecule has 132 valence electrons. The third kappa shape index (κ3) is 4.06. The molecule has 1 aromatic heterocycles. The summed E-state index contributed by atoms with van der Waals surface area (Å²) in [7, 11) is 0. The molecule has 2 heterocycles. The highest BCUT2D eigenvalue weighted by Crippen LogP contribution is 2.33. The van der Waals surface area contributed by atoms with Crippen LogP contribution in [0.25, 0.3) is 11.1 Å². The average molecular weight is 340 g/mol. The van der Waals surface area contributed by atoms with Crippen molar-refractivity contribution in [2.45, 2.75) is 52.0 Å². The van der Waals surface area contributed by atoms with Gasteiger partial charge in [0.1, 0.15) is 5.82 Å². The van der Waals surface area contributed by atoms with Crippen molar-refractivity contribution in [3.8, 4) is 11.1 Å². The first-order valence-corrected chi connectivity index (χ1v) is 9.12. The highest BCUT2D eigenvalue weighted by Gasteiger charge is 2.28. The molecule has 0 saturated carbocycles. The van der Waals surface area contributed by atoms with E-state index in [9.17, 15) is 9.18 Å². The van der Waals surface area contributed by atoms with Crippen molar-refractivity contribution >= 4 is 5.91 Å². The number of carbonyl (C=O) groups excluding carboxylic acids is 1. The summed E-state index contributed by atoms with van der Waals surface area (Å²) in [6.45, 7) is 4.82. The van der Waals surface area contributed by atoms with Crippen molar-refractivity contribution in [3.63, 3.8) is 0 Å². The summed E-state index contributed by atoms with van der Waals surface area (Å²) < 4.78 is 13.2. The normalized spacial score (nSPS) is 17.6. The van der Waals surface area contributed by atoms with E-state index in [0.717, 1.165) is 54.7 Å². The molecular formula is C21H25FN2O. The van der Waals surface area contributed by atoms with Gasteiger partial charge in [-0.3, -0.25) is 9.78 Å². The smallest absolute Gasteiger partial charge is 0.223 e. The first kappa shape index (κ1) is 17.6. The van der Waals surface area contributed by atoms with E-state index in [4.69, 9.17) is 4.98 Å². The van der Waals surface area contributed by atoms with E-state index in [0.29, 0.717) is 6.42 Å². The summed E-state index contributed by atoms with van der Waals surface area (Å²) in [5.74, 6) is -0.0165. The molecule has 1 atom stereocenters. The number of piperidine rings is 1. The monoisotopic (exact) mass is 340 g/mol. The van der Waals surface area contributed by atoms with Crippen LogP contribution < -0.4 is 0 Å². The van der Waals surface area contributed by atoms with Gasteiger partial charge in [-0.25, -0.2) is 4.39 Å². The van der Waals surface area contributed by atoms with E-state index in [1.807, 2.05) is 24.8 Å². The lowest BCUT2D eigenvalue weighted by atomic mass is 9.95. The second-order valence-electron chi connectivity index (χ2n) is 6.78. The van der Waals surface area contributed by atoms with Gasteiger partial charge in [0.15, 0.2) is 0 Å². The van der Waals surface area contributed by atoms with Gasteiger partial charge in [-0.2, -0.15) is 0 Å². The van der Waals surface area contributed by atoms with Gasteiger partial charge < -0.3 is 4.90 Å². The summed E-state index contributed by atoms with van der Waals surface area (Å²) in [5.41, 5.74) is 3.86. The molecule has 3 nitrogen and oxygen atoms in total. The number of hydrogen-bond donors (Lipinski definition) is 0. The van der Waals surface area contributed by atoms with Crippen LogP contribution in [-0.4, -0.2) is 22.3 Å². The van der Waals surface area contributed by atoms with Gasteiger partial charge in [-0.05, 0) is 68.0 Å². The predicted octanol–water partition coefficient (Wildman–Crippen LogP) is 5.05. The molecule has 1 aliphatic rings. The predicted molar refractivity (Wildman–Crippen MR) is 97.6 cm³/mol. The molecular weight excluding hydrogens is 315 g/mol. The van der Waals surface area contributed by atoms with Crippen LogP contribution in [0.5, 0.6) is 0 Å². The van der Waals surface area contributed by atoms with Crippen molar-refractivity contribution < 1.29 is 9.18 Å². The lowest BCUT2D eigenvalue weighted by Gasteiger charge is -2.35. The molecule has 0 spiro atoms. The van der Waals surface area contributed by atoms with Crippen molar-refractivity contribution in [1.29, 1.82) is 0 Å². The molecule has 0 N–H and O–H groups in total. The van der Waals surface area contributed by atoms with Crippen LogP contribution in [-0.2, 0) is 4.79 Å². The van der Waals surface area contributed by atoms with E-state index in [1.54, 1.807) is 12.1 Å². The second kappa shape index (κ2) is 7.77. The molecule has 0 bridgehead atoms. The van der Waals surface area contributed by atoms with Crippen LogP contribution in [0.15, 0.2) is 36.4 Å². The first-order valence-electron chi connectivity index (χ1n) is 9.12. The Bertz CT molecular complexity index is 742. The topological polar surface area (TPSA) is 33.2 Å². The van der Waals surface area contributed by atoms with Crippen molar-refractivity contribution in [2.24, 2.45) is 0 Å². The summed E-state index contributed by atoms with van der Waals surface area (Å²) in [5, 5.41) is 0. The molecule has 1 aromatic carbocycles. The van der Waals surface area contributed by atoms with E-state index < -0.39 is 0 Å². The number of halogens is 1. The Morgan fingerprint density at radius 1 is 1.20 bits per heavy atom. The Labute approximate surface area is 148 Å². The zero-order chi connectivity index (χ0) is 17.8. The molecule has 25 heavy (non-hydrogen) atoms. The Balaban J connectivity index is 1.95. The number of amides is 1. The van der Waals surface area contributed by atoms with Gasteiger partial charge in [0, 0.05) is 18.7 Å². The van der Waals surface area contributed by atoms with Crippen molar-refractivity contribution in [2.75, 3.05) is 6.54 Å². The van der Waals surface area contributed by atoms with E-state index in [1.165, 1.54) is 12.1 Å².